The number of hydrogen-bond donors (Lipinski definition) is 0. The molecule has 1 atom stereocenters. The lowest BCUT2D eigenvalue weighted by molar-refractivity contribution is -0.138. The molecule has 5 heteroatoms. The van der Waals surface area contributed by atoms with Crippen molar-refractivity contribution in [3.63, 3.8) is 0 Å². The van der Waals surface area contributed by atoms with E-state index in [0.29, 0.717) is 6.54 Å². The third-order valence-corrected chi connectivity index (χ3v) is 5.09. The summed E-state index contributed by atoms with van der Waals surface area (Å²) in [7, 11) is 1.56. The highest BCUT2D eigenvalue weighted by atomic mass is 16.7. The number of rotatable bonds is 5. The maximum absolute atomic E-state index is 12.8. The summed E-state index contributed by atoms with van der Waals surface area (Å²) in [5, 5.41) is 0. The fraction of sp³-hybridized carbons (Fsp3) is 0.381. The van der Waals surface area contributed by atoms with Gasteiger partial charge in [-0.25, -0.2) is 0 Å². The first-order chi connectivity index (χ1) is 12.8. The van der Waals surface area contributed by atoms with Crippen LogP contribution in [0.1, 0.15) is 35.6 Å². The molecule has 0 fully saturated rings. The number of carbonyl (C=O) groups excluding carboxylic acids is 1. The molecule has 5 nitrogen and oxygen atoms in total. The topological polar surface area (TPSA) is 48.0 Å². The van der Waals surface area contributed by atoms with Crippen LogP contribution in [0.15, 0.2) is 42.5 Å². The van der Waals surface area contributed by atoms with Crippen LogP contribution in [-0.4, -0.2) is 31.3 Å². The fourth-order valence-electron chi connectivity index (χ4n) is 3.87. The number of nitrogens with zero attached hydrogens (tertiary/aromatic N) is 1. The lowest BCUT2D eigenvalue weighted by atomic mass is 9.86. The molecule has 0 aromatic heterocycles. The molecular formula is C21H23NO4. The summed E-state index contributed by atoms with van der Waals surface area (Å²) < 4.78 is 16.0. The summed E-state index contributed by atoms with van der Waals surface area (Å²) >= 11 is 0. The lowest BCUT2D eigenvalue weighted by Crippen LogP contribution is -2.38. The average Bonchev–Trinajstić information content (AvgIpc) is 3.14. The molecule has 0 spiro atoms. The van der Waals surface area contributed by atoms with Crippen molar-refractivity contribution >= 4 is 5.91 Å². The Bertz CT molecular complexity index is 804. The van der Waals surface area contributed by atoms with Crippen molar-refractivity contribution in [3.8, 4) is 11.5 Å². The molecule has 136 valence electrons. The van der Waals surface area contributed by atoms with Crippen molar-refractivity contribution in [1.29, 1.82) is 0 Å². The normalized spacial score (nSPS) is 17.7. The Morgan fingerprint density at radius 2 is 2.04 bits per heavy atom. The summed E-state index contributed by atoms with van der Waals surface area (Å²) in [6, 6.07) is 14.4. The number of methoxy groups -OCH3 is 1. The number of benzene rings is 2. The van der Waals surface area contributed by atoms with E-state index in [1.54, 1.807) is 7.11 Å². The molecule has 2 aliphatic rings. The van der Waals surface area contributed by atoms with Crippen LogP contribution in [0.4, 0.5) is 0 Å². The first-order valence-electron chi connectivity index (χ1n) is 9.01. The van der Waals surface area contributed by atoms with Crippen LogP contribution in [0.2, 0.25) is 0 Å². The Balaban J connectivity index is 1.64. The largest absolute Gasteiger partial charge is 0.454 e. The maximum atomic E-state index is 12.8. The molecule has 4 rings (SSSR count). The van der Waals surface area contributed by atoms with Gasteiger partial charge in [0.25, 0.3) is 0 Å². The minimum Gasteiger partial charge on any atom is -0.454 e. The van der Waals surface area contributed by atoms with Crippen LogP contribution in [0.3, 0.4) is 0 Å². The van der Waals surface area contributed by atoms with Gasteiger partial charge in [-0.1, -0.05) is 30.3 Å². The van der Waals surface area contributed by atoms with Crippen LogP contribution in [0.25, 0.3) is 0 Å². The standard InChI is InChI=1S/C21H23NO4/c1-24-13-21(23)22(12-15-9-10-19-20(11-15)26-14-25-19)18-8-4-6-16-5-2-3-7-17(16)18/h2-3,5,7,9-11,18H,4,6,8,12-14H2,1H3/t18-/m0/s1. The van der Waals surface area contributed by atoms with E-state index in [1.165, 1.54) is 11.1 Å². The molecule has 0 N–H and O–H groups in total. The van der Waals surface area contributed by atoms with Crippen LogP contribution < -0.4 is 9.47 Å². The Morgan fingerprint density at radius 3 is 2.92 bits per heavy atom. The highest BCUT2D eigenvalue weighted by molar-refractivity contribution is 5.78. The van der Waals surface area contributed by atoms with Crippen molar-refractivity contribution < 1.29 is 19.0 Å². The van der Waals surface area contributed by atoms with Crippen LogP contribution in [0, 0.1) is 0 Å². The molecule has 1 heterocycles. The minimum absolute atomic E-state index is 0.00636. The maximum Gasteiger partial charge on any atom is 0.249 e. The van der Waals surface area contributed by atoms with E-state index in [9.17, 15) is 4.79 Å². The van der Waals surface area contributed by atoms with E-state index in [4.69, 9.17) is 14.2 Å². The van der Waals surface area contributed by atoms with E-state index >= 15 is 0 Å². The Kier molecular flexibility index (Phi) is 4.80. The SMILES string of the molecule is COCC(=O)N(Cc1ccc2c(c1)OCO2)[C@H]1CCCc2ccccc21. The van der Waals surface area contributed by atoms with E-state index in [2.05, 4.69) is 24.3 Å². The molecule has 1 amide bonds. The molecule has 0 saturated carbocycles. The van der Waals surface area contributed by atoms with Crippen molar-refractivity contribution in [1.82, 2.24) is 4.90 Å². The summed E-state index contributed by atoms with van der Waals surface area (Å²) in [5.74, 6) is 1.50. The molecule has 1 aliphatic carbocycles. The third-order valence-electron chi connectivity index (χ3n) is 5.09. The van der Waals surface area contributed by atoms with Gasteiger partial charge < -0.3 is 19.1 Å². The predicted octanol–water partition coefficient (Wildman–Crippen LogP) is 3.47. The molecular weight excluding hydrogens is 330 g/mol. The Hall–Kier alpha value is -2.53. The molecule has 0 unspecified atom stereocenters. The van der Waals surface area contributed by atoms with Crippen molar-refractivity contribution in [2.45, 2.75) is 31.8 Å². The number of fused-ring (bicyclic) bond motifs is 2. The third kappa shape index (κ3) is 3.27. The number of amides is 1. The van der Waals surface area contributed by atoms with E-state index < -0.39 is 0 Å². The Labute approximate surface area is 153 Å². The van der Waals surface area contributed by atoms with E-state index in [1.807, 2.05) is 23.1 Å². The number of ether oxygens (including phenoxy) is 3. The first kappa shape index (κ1) is 16.9. The summed E-state index contributed by atoms with van der Waals surface area (Å²) in [6.07, 6.45) is 3.12. The van der Waals surface area contributed by atoms with Crippen molar-refractivity contribution in [2.75, 3.05) is 20.5 Å². The molecule has 26 heavy (non-hydrogen) atoms. The number of hydrogen-bond acceptors (Lipinski definition) is 4. The van der Waals surface area contributed by atoms with Gasteiger partial charge >= 0.3 is 0 Å². The van der Waals surface area contributed by atoms with Crippen molar-refractivity contribution in [3.05, 3.63) is 59.2 Å². The first-order valence-corrected chi connectivity index (χ1v) is 9.01. The zero-order chi connectivity index (χ0) is 17.9. The van der Waals surface area contributed by atoms with Crippen molar-refractivity contribution in [2.24, 2.45) is 0 Å². The van der Waals surface area contributed by atoms with Crippen LogP contribution in [-0.2, 0) is 22.5 Å². The van der Waals surface area contributed by atoms with Gasteiger partial charge in [-0.15, -0.1) is 0 Å². The molecule has 2 aromatic carbocycles. The predicted molar refractivity (Wildman–Crippen MR) is 97.1 cm³/mol. The minimum atomic E-state index is 0.00636. The second-order valence-corrected chi connectivity index (χ2v) is 6.75. The number of aryl methyl sites for hydroxylation is 1. The highest BCUT2D eigenvalue weighted by Crippen LogP contribution is 2.37. The molecule has 0 saturated heterocycles. The van der Waals surface area contributed by atoms with Gasteiger partial charge in [0.1, 0.15) is 6.61 Å². The van der Waals surface area contributed by atoms with E-state index in [0.717, 1.165) is 36.3 Å². The molecule has 2 aromatic rings. The molecule has 1 aliphatic heterocycles. The molecule has 0 radical (unpaired) electrons. The second-order valence-electron chi connectivity index (χ2n) is 6.75. The monoisotopic (exact) mass is 353 g/mol. The van der Waals surface area contributed by atoms with Gasteiger partial charge in [-0.3, -0.25) is 4.79 Å². The average molecular weight is 353 g/mol. The second kappa shape index (κ2) is 7.38. The van der Waals surface area contributed by atoms with Gasteiger partial charge in [0, 0.05) is 13.7 Å². The van der Waals surface area contributed by atoms with Gasteiger partial charge in [0.15, 0.2) is 11.5 Å². The Morgan fingerprint density at radius 1 is 1.19 bits per heavy atom. The fourth-order valence-corrected chi connectivity index (χ4v) is 3.87. The molecule has 0 bridgehead atoms. The quantitative estimate of drug-likeness (QED) is 0.826. The van der Waals surface area contributed by atoms with Crippen LogP contribution in [0.5, 0.6) is 11.5 Å². The van der Waals surface area contributed by atoms with Gasteiger partial charge in [0.05, 0.1) is 6.04 Å². The summed E-state index contributed by atoms with van der Waals surface area (Å²) in [4.78, 5) is 14.8. The summed E-state index contributed by atoms with van der Waals surface area (Å²) in [6.45, 7) is 0.863. The van der Waals surface area contributed by atoms with Gasteiger partial charge in [-0.05, 0) is 48.1 Å². The summed E-state index contributed by atoms with van der Waals surface area (Å²) in [5.41, 5.74) is 3.62. The lowest BCUT2D eigenvalue weighted by Gasteiger charge is -2.36. The smallest absolute Gasteiger partial charge is 0.249 e. The number of carbonyl (C=O) groups is 1. The zero-order valence-electron chi connectivity index (χ0n) is 14.9. The van der Waals surface area contributed by atoms with Crippen LogP contribution >= 0.6 is 0 Å². The zero-order valence-corrected chi connectivity index (χ0v) is 14.9. The highest BCUT2D eigenvalue weighted by Gasteiger charge is 2.29. The van der Waals surface area contributed by atoms with Gasteiger partial charge in [-0.2, -0.15) is 0 Å². The van der Waals surface area contributed by atoms with E-state index in [-0.39, 0.29) is 25.3 Å². The van der Waals surface area contributed by atoms with Gasteiger partial charge in [0.2, 0.25) is 12.7 Å².